The number of carbonyl (C=O) groups excluding carboxylic acids is 1. The van der Waals surface area contributed by atoms with Gasteiger partial charge < -0.3 is 15.7 Å². The van der Waals surface area contributed by atoms with Gasteiger partial charge in [-0.1, -0.05) is 54.6 Å². The van der Waals surface area contributed by atoms with E-state index in [0.29, 0.717) is 18.3 Å². The van der Waals surface area contributed by atoms with Crippen molar-refractivity contribution in [3.8, 4) is 5.75 Å². The fourth-order valence-corrected chi connectivity index (χ4v) is 4.81. The molecule has 0 spiro atoms. The number of amides is 1. The third-order valence-electron chi connectivity index (χ3n) is 6.38. The molecule has 0 fully saturated rings. The quantitative estimate of drug-likeness (QED) is 0.467. The van der Waals surface area contributed by atoms with Crippen LogP contribution in [0.4, 0.5) is 11.4 Å². The number of fused-ring (bicyclic) bond motifs is 3. The molecule has 3 aromatic carbocycles. The minimum absolute atomic E-state index is 0.0352. The lowest BCUT2D eigenvalue weighted by atomic mass is 9.77. The van der Waals surface area contributed by atoms with Crippen LogP contribution in [0.3, 0.4) is 0 Å². The number of anilines is 2. The maximum atomic E-state index is 12.5. The van der Waals surface area contributed by atoms with Crippen molar-refractivity contribution < 1.29 is 9.90 Å². The molecule has 3 aromatic rings. The van der Waals surface area contributed by atoms with E-state index in [2.05, 4.69) is 47.1 Å². The minimum Gasteiger partial charge on any atom is -0.508 e. The van der Waals surface area contributed by atoms with Gasteiger partial charge in [-0.2, -0.15) is 0 Å². The number of aromatic hydroxyl groups is 1. The molecule has 4 heteroatoms. The molecule has 1 amide bonds. The molecule has 1 aliphatic heterocycles. The van der Waals surface area contributed by atoms with Crippen LogP contribution in [0, 0.1) is 5.92 Å². The van der Waals surface area contributed by atoms with Crippen LogP contribution in [0.15, 0.2) is 84.9 Å². The third kappa shape index (κ3) is 4.06. The summed E-state index contributed by atoms with van der Waals surface area (Å²) in [5.74, 6) is 1.05. The van der Waals surface area contributed by atoms with Gasteiger partial charge in [0.25, 0.3) is 0 Å². The highest BCUT2D eigenvalue weighted by Crippen LogP contribution is 2.50. The molecule has 156 valence electrons. The Morgan fingerprint density at radius 3 is 2.65 bits per heavy atom. The molecule has 0 aromatic heterocycles. The lowest BCUT2D eigenvalue weighted by Gasteiger charge is -2.37. The molecule has 3 atom stereocenters. The number of rotatable bonds is 5. The van der Waals surface area contributed by atoms with Crippen molar-refractivity contribution in [3.63, 3.8) is 0 Å². The molecule has 3 unspecified atom stereocenters. The number of phenolic OH excluding ortho intramolecular Hbond substituents is 1. The van der Waals surface area contributed by atoms with E-state index in [-0.39, 0.29) is 17.7 Å². The molecule has 0 saturated heterocycles. The summed E-state index contributed by atoms with van der Waals surface area (Å²) in [4.78, 5) is 12.5. The SMILES string of the molecule is O=C(CCc1ccccc1)Nc1ccc2c(c1)C1C=CCC1C(c1ccc(O)cc1)N2. The number of hydrogen-bond acceptors (Lipinski definition) is 3. The molecule has 0 saturated carbocycles. The second-order valence-electron chi connectivity index (χ2n) is 8.40. The van der Waals surface area contributed by atoms with Crippen molar-refractivity contribution in [2.75, 3.05) is 10.6 Å². The van der Waals surface area contributed by atoms with Crippen molar-refractivity contribution in [1.29, 1.82) is 0 Å². The summed E-state index contributed by atoms with van der Waals surface area (Å²) >= 11 is 0. The Morgan fingerprint density at radius 2 is 1.84 bits per heavy atom. The van der Waals surface area contributed by atoms with Gasteiger partial charge in [0.15, 0.2) is 0 Å². The zero-order valence-electron chi connectivity index (χ0n) is 17.3. The number of benzene rings is 3. The lowest BCUT2D eigenvalue weighted by molar-refractivity contribution is -0.116. The summed E-state index contributed by atoms with van der Waals surface area (Å²) in [6, 6.07) is 23.9. The van der Waals surface area contributed by atoms with Crippen molar-refractivity contribution >= 4 is 17.3 Å². The first kappa shape index (κ1) is 19.4. The van der Waals surface area contributed by atoms with Gasteiger partial charge in [-0.25, -0.2) is 0 Å². The molecule has 1 heterocycles. The summed E-state index contributed by atoms with van der Waals surface area (Å²) < 4.78 is 0. The summed E-state index contributed by atoms with van der Waals surface area (Å²) in [5, 5.41) is 16.4. The number of phenols is 1. The summed E-state index contributed by atoms with van der Waals surface area (Å²) in [5.41, 5.74) is 5.54. The van der Waals surface area contributed by atoms with Gasteiger partial charge in [-0.05, 0) is 65.8 Å². The van der Waals surface area contributed by atoms with E-state index in [1.54, 1.807) is 12.1 Å². The van der Waals surface area contributed by atoms with Crippen LogP contribution < -0.4 is 10.6 Å². The van der Waals surface area contributed by atoms with E-state index < -0.39 is 0 Å². The standard InChI is InChI=1S/C27H26N2O2/c30-21-13-10-19(11-14-21)27-23-8-4-7-22(23)24-17-20(12-15-25(24)29-27)28-26(31)16-9-18-5-2-1-3-6-18/h1-7,10-15,17,22-23,27,29-30H,8-9,16H2,(H,28,31). The van der Waals surface area contributed by atoms with Crippen LogP contribution in [0.1, 0.15) is 41.5 Å². The van der Waals surface area contributed by atoms with Crippen LogP contribution in [-0.2, 0) is 11.2 Å². The maximum absolute atomic E-state index is 12.5. The number of aryl methyl sites for hydroxylation is 1. The second kappa shape index (κ2) is 8.31. The van der Waals surface area contributed by atoms with Crippen LogP contribution >= 0.6 is 0 Å². The van der Waals surface area contributed by atoms with Gasteiger partial charge in [0, 0.05) is 23.7 Å². The smallest absolute Gasteiger partial charge is 0.224 e. The zero-order chi connectivity index (χ0) is 21.2. The first-order chi connectivity index (χ1) is 15.2. The topological polar surface area (TPSA) is 61.4 Å². The van der Waals surface area contributed by atoms with Crippen LogP contribution in [0.25, 0.3) is 0 Å². The third-order valence-corrected chi connectivity index (χ3v) is 6.38. The molecule has 0 radical (unpaired) electrons. The molecular formula is C27H26N2O2. The minimum atomic E-state index is 0.0352. The average molecular weight is 411 g/mol. The summed E-state index contributed by atoms with van der Waals surface area (Å²) in [6.45, 7) is 0. The van der Waals surface area contributed by atoms with E-state index in [9.17, 15) is 9.90 Å². The molecule has 5 rings (SSSR count). The molecule has 3 N–H and O–H groups in total. The highest BCUT2D eigenvalue weighted by Gasteiger charge is 2.37. The van der Waals surface area contributed by atoms with E-state index in [4.69, 9.17) is 0 Å². The van der Waals surface area contributed by atoms with Gasteiger partial charge >= 0.3 is 0 Å². The average Bonchev–Trinajstić information content (AvgIpc) is 3.29. The molecule has 2 aliphatic rings. The summed E-state index contributed by atoms with van der Waals surface area (Å²) in [6.07, 6.45) is 6.76. The van der Waals surface area contributed by atoms with E-state index in [0.717, 1.165) is 24.2 Å². The molecule has 1 aliphatic carbocycles. The fraction of sp³-hybridized carbons (Fsp3) is 0.222. The molecule has 4 nitrogen and oxygen atoms in total. The van der Waals surface area contributed by atoms with Gasteiger partial charge in [-0.15, -0.1) is 0 Å². The molecular weight excluding hydrogens is 384 g/mol. The first-order valence-electron chi connectivity index (χ1n) is 10.9. The van der Waals surface area contributed by atoms with E-state index in [1.165, 1.54) is 16.7 Å². The van der Waals surface area contributed by atoms with Crippen LogP contribution in [0.5, 0.6) is 5.75 Å². The van der Waals surface area contributed by atoms with E-state index >= 15 is 0 Å². The largest absolute Gasteiger partial charge is 0.508 e. The Morgan fingerprint density at radius 1 is 1.03 bits per heavy atom. The highest BCUT2D eigenvalue weighted by molar-refractivity contribution is 5.91. The van der Waals surface area contributed by atoms with Crippen LogP contribution in [-0.4, -0.2) is 11.0 Å². The van der Waals surface area contributed by atoms with Crippen molar-refractivity contribution in [2.24, 2.45) is 5.92 Å². The Hall–Kier alpha value is -3.53. The number of hydrogen-bond donors (Lipinski definition) is 3. The monoisotopic (exact) mass is 410 g/mol. The van der Waals surface area contributed by atoms with Crippen LogP contribution in [0.2, 0.25) is 0 Å². The predicted octanol–water partition coefficient (Wildman–Crippen LogP) is 5.79. The fourth-order valence-electron chi connectivity index (χ4n) is 4.81. The Kier molecular flexibility index (Phi) is 5.21. The van der Waals surface area contributed by atoms with Gasteiger partial charge in [0.1, 0.15) is 5.75 Å². The number of allylic oxidation sites excluding steroid dienone is 2. The van der Waals surface area contributed by atoms with Gasteiger partial charge in [0.05, 0.1) is 6.04 Å². The maximum Gasteiger partial charge on any atom is 0.224 e. The Balaban J connectivity index is 1.32. The van der Waals surface area contributed by atoms with Gasteiger partial charge in [-0.3, -0.25) is 4.79 Å². The Bertz CT molecular complexity index is 1110. The normalized spacial score (nSPS) is 21.1. The molecule has 0 bridgehead atoms. The number of carbonyl (C=O) groups is 1. The predicted molar refractivity (Wildman–Crippen MR) is 124 cm³/mol. The van der Waals surface area contributed by atoms with Gasteiger partial charge in [0.2, 0.25) is 5.91 Å². The highest BCUT2D eigenvalue weighted by atomic mass is 16.3. The van der Waals surface area contributed by atoms with Crippen molar-refractivity contribution in [3.05, 3.63) is 102 Å². The lowest BCUT2D eigenvalue weighted by Crippen LogP contribution is -2.29. The first-order valence-corrected chi connectivity index (χ1v) is 10.9. The number of nitrogens with one attached hydrogen (secondary N) is 2. The Labute approximate surface area is 182 Å². The van der Waals surface area contributed by atoms with Crippen molar-refractivity contribution in [1.82, 2.24) is 0 Å². The summed E-state index contributed by atoms with van der Waals surface area (Å²) in [7, 11) is 0. The van der Waals surface area contributed by atoms with Crippen molar-refractivity contribution in [2.45, 2.75) is 31.2 Å². The van der Waals surface area contributed by atoms with E-state index in [1.807, 2.05) is 36.4 Å². The molecule has 31 heavy (non-hydrogen) atoms. The zero-order valence-corrected chi connectivity index (χ0v) is 17.3. The second-order valence-corrected chi connectivity index (χ2v) is 8.40.